The Morgan fingerprint density at radius 3 is 2.37 bits per heavy atom. The summed E-state index contributed by atoms with van der Waals surface area (Å²) in [6, 6.07) is 15.6. The number of benzene rings is 1. The summed E-state index contributed by atoms with van der Waals surface area (Å²) in [6.45, 7) is 1.07. The lowest BCUT2D eigenvalue weighted by Gasteiger charge is -2.63. The van der Waals surface area contributed by atoms with Gasteiger partial charge in [-0.3, -0.25) is 4.98 Å². The first-order chi connectivity index (χ1) is 13.3. The number of pyridine rings is 1. The minimum absolute atomic E-state index is 0.191. The van der Waals surface area contributed by atoms with Crippen molar-refractivity contribution < 1.29 is 0 Å². The van der Waals surface area contributed by atoms with Crippen LogP contribution in [-0.4, -0.2) is 4.98 Å². The second-order valence-electron chi connectivity index (χ2n) is 9.30. The van der Waals surface area contributed by atoms with Crippen LogP contribution >= 0.6 is 11.3 Å². The Hall–Kier alpha value is -1.87. The second kappa shape index (κ2) is 5.14. The van der Waals surface area contributed by atoms with Gasteiger partial charge in [0.1, 0.15) is 0 Å². The fourth-order valence-electron chi connectivity index (χ4n) is 7.57. The van der Waals surface area contributed by atoms with Crippen molar-refractivity contribution in [3.63, 3.8) is 0 Å². The Bertz CT molecular complexity index is 1010. The zero-order valence-electron chi connectivity index (χ0n) is 15.5. The smallest absolute Gasteiger partial charge is 0.0869 e. The maximum absolute atomic E-state index is 4.93. The molecule has 0 N–H and O–H groups in total. The van der Waals surface area contributed by atoms with E-state index in [1.54, 1.807) is 10.4 Å². The van der Waals surface area contributed by atoms with Gasteiger partial charge in [0.05, 0.1) is 22.3 Å². The highest BCUT2D eigenvalue weighted by Gasteiger charge is 2.64. The van der Waals surface area contributed by atoms with Crippen LogP contribution in [0.2, 0.25) is 0 Å². The van der Waals surface area contributed by atoms with E-state index in [4.69, 9.17) is 4.98 Å². The van der Waals surface area contributed by atoms with Crippen LogP contribution in [0.5, 0.6) is 0 Å². The molecule has 1 aliphatic heterocycles. The molecule has 0 unspecified atom stereocenters. The number of rotatable bonds is 1. The van der Waals surface area contributed by atoms with E-state index < -0.39 is 0 Å². The highest BCUT2D eigenvalue weighted by molar-refractivity contribution is 7.19. The van der Waals surface area contributed by atoms with Crippen LogP contribution < -0.4 is 4.90 Å². The summed E-state index contributed by atoms with van der Waals surface area (Å²) in [7, 11) is 0. The molecule has 3 heteroatoms. The zero-order chi connectivity index (χ0) is 17.6. The number of hydrogen-bond acceptors (Lipinski definition) is 3. The van der Waals surface area contributed by atoms with Gasteiger partial charge in [-0.05, 0) is 80.0 Å². The van der Waals surface area contributed by atoms with Crippen molar-refractivity contribution >= 4 is 27.2 Å². The predicted molar refractivity (Wildman–Crippen MR) is 111 cm³/mol. The van der Waals surface area contributed by atoms with Gasteiger partial charge in [0.15, 0.2) is 0 Å². The van der Waals surface area contributed by atoms with E-state index in [1.165, 1.54) is 48.0 Å². The van der Waals surface area contributed by atoms with E-state index in [0.717, 1.165) is 30.2 Å². The fraction of sp³-hybridized carbons (Fsp3) is 0.458. The molecule has 3 heterocycles. The van der Waals surface area contributed by atoms with Crippen molar-refractivity contribution in [2.75, 3.05) is 4.90 Å². The normalized spacial score (nSPS) is 36.1. The Labute approximate surface area is 164 Å². The predicted octanol–water partition coefficient (Wildman–Crippen LogP) is 5.97. The molecular formula is C24H24N2S. The van der Waals surface area contributed by atoms with Crippen molar-refractivity contribution in [1.29, 1.82) is 0 Å². The quantitative estimate of drug-likeness (QED) is 0.523. The first kappa shape index (κ1) is 15.1. The molecule has 0 radical (unpaired) electrons. The molecule has 2 aromatic heterocycles. The van der Waals surface area contributed by atoms with Crippen LogP contribution in [0.15, 0.2) is 48.7 Å². The highest BCUT2D eigenvalue weighted by atomic mass is 32.1. The Morgan fingerprint density at radius 1 is 0.889 bits per heavy atom. The first-order valence-electron chi connectivity index (χ1n) is 10.5. The summed E-state index contributed by atoms with van der Waals surface area (Å²) in [5, 5.41) is 0. The standard InChI is InChI=1S/C24H24N2S/c1-2-5-19(6-3-1)26-14-21-22(23-20(27-21)7-4-8-25-23)24(26)17-10-15-9-16(12-17)13-18(24)11-15/h1-8,15-18H,9-14H2. The van der Waals surface area contributed by atoms with Crippen LogP contribution in [-0.2, 0) is 12.1 Å². The average molecular weight is 373 g/mol. The van der Waals surface area contributed by atoms with E-state index in [0.29, 0.717) is 0 Å². The first-order valence-corrected chi connectivity index (χ1v) is 11.3. The number of nitrogens with zero attached hydrogens (tertiary/aromatic N) is 2. The molecule has 5 aliphatic rings. The van der Waals surface area contributed by atoms with Crippen LogP contribution in [0.1, 0.15) is 42.5 Å². The van der Waals surface area contributed by atoms with E-state index in [2.05, 4.69) is 47.4 Å². The lowest BCUT2D eigenvalue weighted by molar-refractivity contribution is -0.0581. The third-order valence-corrected chi connectivity index (χ3v) is 9.25. The lowest BCUT2D eigenvalue weighted by atomic mass is 9.47. The molecule has 0 atom stereocenters. The summed E-state index contributed by atoms with van der Waals surface area (Å²) < 4.78 is 1.39. The van der Waals surface area contributed by atoms with Gasteiger partial charge in [-0.2, -0.15) is 0 Å². The summed E-state index contributed by atoms with van der Waals surface area (Å²) in [5.74, 6) is 3.57. The molecule has 27 heavy (non-hydrogen) atoms. The minimum atomic E-state index is 0.191. The summed E-state index contributed by atoms with van der Waals surface area (Å²) >= 11 is 2.00. The molecule has 4 saturated carbocycles. The molecule has 136 valence electrons. The number of aromatic nitrogens is 1. The van der Waals surface area contributed by atoms with E-state index in [-0.39, 0.29) is 5.54 Å². The molecule has 3 aromatic rings. The molecule has 1 aromatic carbocycles. The zero-order valence-corrected chi connectivity index (χ0v) is 16.3. The molecule has 1 spiro atoms. The van der Waals surface area contributed by atoms with Gasteiger partial charge in [-0.15, -0.1) is 11.3 Å². The van der Waals surface area contributed by atoms with Crippen LogP contribution in [0, 0.1) is 23.7 Å². The van der Waals surface area contributed by atoms with Gasteiger partial charge >= 0.3 is 0 Å². The van der Waals surface area contributed by atoms with Crippen molar-refractivity contribution in [2.24, 2.45) is 23.7 Å². The molecular weight excluding hydrogens is 348 g/mol. The minimum Gasteiger partial charge on any atom is -0.356 e. The molecule has 4 fully saturated rings. The fourth-order valence-corrected chi connectivity index (χ4v) is 8.79. The third kappa shape index (κ3) is 1.80. The van der Waals surface area contributed by atoms with Crippen molar-refractivity contribution in [1.82, 2.24) is 4.98 Å². The topological polar surface area (TPSA) is 16.1 Å². The summed E-state index contributed by atoms with van der Waals surface area (Å²) in [5.41, 5.74) is 4.54. The van der Waals surface area contributed by atoms with Crippen LogP contribution in [0.3, 0.4) is 0 Å². The number of fused-ring (bicyclic) bond motifs is 3. The second-order valence-corrected chi connectivity index (χ2v) is 10.4. The van der Waals surface area contributed by atoms with Gasteiger partial charge < -0.3 is 4.90 Å². The lowest BCUT2D eigenvalue weighted by Crippen LogP contribution is -2.61. The number of anilines is 1. The van der Waals surface area contributed by atoms with Crippen molar-refractivity contribution in [3.8, 4) is 0 Å². The largest absolute Gasteiger partial charge is 0.356 e. The summed E-state index contributed by atoms with van der Waals surface area (Å²) in [6.07, 6.45) is 9.23. The van der Waals surface area contributed by atoms with E-state index >= 15 is 0 Å². The molecule has 4 aliphatic carbocycles. The van der Waals surface area contributed by atoms with Crippen LogP contribution in [0.4, 0.5) is 5.69 Å². The van der Waals surface area contributed by atoms with Gasteiger partial charge in [-0.1, -0.05) is 18.2 Å². The molecule has 2 nitrogen and oxygen atoms in total. The molecule has 4 bridgehead atoms. The number of thiophene rings is 1. The monoisotopic (exact) mass is 372 g/mol. The maximum Gasteiger partial charge on any atom is 0.0869 e. The van der Waals surface area contributed by atoms with Gasteiger partial charge in [0, 0.05) is 22.3 Å². The van der Waals surface area contributed by atoms with Gasteiger partial charge in [-0.25, -0.2) is 0 Å². The Kier molecular flexibility index (Phi) is 2.87. The third-order valence-electron chi connectivity index (χ3n) is 8.12. The summed E-state index contributed by atoms with van der Waals surface area (Å²) in [4.78, 5) is 9.33. The Balaban J connectivity index is 1.52. The van der Waals surface area contributed by atoms with Crippen molar-refractivity contribution in [2.45, 2.75) is 44.2 Å². The van der Waals surface area contributed by atoms with Crippen molar-refractivity contribution in [3.05, 3.63) is 59.1 Å². The van der Waals surface area contributed by atoms with E-state index in [9.17, 15) is 0 Å². The van der Waals surface area contributed by atoms with Gasteiger partial charge in [0.25, 0.3) is 0 Å². The maximum atomic E-state index is 4.93. The molecule has 0 saturated heterocycles. The number of para-hydroxylation sites is 1. The average Bonchev–Trinajstić information content (AvgIpc) is 3.21. The molecule has 8 rings (SSSR count). The highest BCUT2D eigenvalue weighted by Crippen LogP contribution is 2.68. The van der Waals surface area contributed by atoms with Gasteiger partial charge in [0.2, 0.25) is 0 Å². The van der Waals surface area contributed by atoms with Crippen LogP contribution in [0.25, 0.3) is 10.2 Å². The Morgan fingerprint density at radius 2 is 1.63 bits per heavy atom. The molecule has 0 amide bonds. The van der Waals surface area contributed by atoms with E-state index in [1.807, 2.05) is 17.5 Å². The number of hydrogen-bond donors (Lipinski definition) is 0. The SMILES string of the molecule is c1ccc(N2Cc3sc4cccnc4c3C23C2CC4CC(C2)CC3C4)cc1.